The van der Waals surface area contributed by atoms with E-state index < -0.39 is 0 Å². The van der Waals surface area contributed by atoms with Crippen LogP contribution < -0.4 is 15.9 Å². The molecule has 0 bridgehead atoms. The molecule has 0 aliphatic heterocycles. The number of hydrazone groups is 1. The number of halogens is 1. The van der Waals surface area contributed by atoms with E-state index >= 15 is 0 Å². The fraction of sp³-hybridized carbons (Fsp3) is 0.0588. The minimum Gasteiger partial charge on any atom is -0.486 e. The molecule has 0 aliphatic carbocycles. The zero-order valence-electron chi connectivity index (χ0n) is 12.6. The molecule has 0 unspecified atom stereocenters. The molecule has 3 aromatic rings. The summed E-state index contributed by atoms with van der Waals surface area (Å²) in [5.41, 5.74) is 10.2. The van der Waals surface area contributed by atoms with Gasteiger partial charge in [0.1, 0.15) is 12.4 Å². The first kappa shape index (κ1) is 15.9. The summed E-state index contributed by atoms with van der Waals surface area (Å²) in [5.74, 6) is 0.349. The molecule has 0 radical (unpaired) electrons. The summed E-state index contributed by atoms with van der Waals surface area (Å²) in [5, 5.41) is 6.47. The summed E-state index contributed by atoms with van der Waals surface area (Å²) >= 11 is 1.38. The van der Waals surface area contributed by atoms with Crippen molar-refractivity contribution in [1.29, 1.82) is 0 Å². The monoisotopic (exact) mass is 342 g/mol. The maximum Gasteiger partial charge on any atom is 0.205 e. The van der Waals surface area contributed by atoms with Crippen molar-refractivity contribution >= 4 is 28.5 Å². The van der Waals surface area contributed by atoms with Gasteiger partial charge < -0.3 is 10.5 Å². The van der Waals surface area contributed by atoms with E-state index in [1.165, 1.54) is 17.4 Å². The lowest BCUT2D eigenvalue weighted by atomic mass is 10.1. The van der Waals surface area contributed by atoms with E-state index in [0.29, 0.717) is 17.6 Å². The van der Waals surface area contributed by atoms with E-state index in [1.807, 2.05) is 24.3 Å². The minimum absolute atomic E-state index is 0.245. The van der Waals surface area contributed by atoms with E-state index in [1.54, 1.807) is 29.8 Å². The van der Waals surface area contributed by atoms with Gasteiger partial charge in [-0.25, -0.2) is 9.37 Å². The second-order valence-electron chi connectivity index (χ2n) is 4.91. The van der Waals surface area contributed by atoms with Crippen molar-refractivity contribution in [2.45, 2.75) is 6.61 Å². The lowest BCUT2D eigenvalue weighted by Gasteiger charge is -2.07. The Morgan fingerprint density at radius 2 is 2.00 bits per heavy atom. The summed E-state index contributed by atoms with van der Waals surface area (Å²) in [6.45, 7) is 0.301. The van der Waals surface area contributed by atoms with Crippen LogP contribution in [0.25, 0.3) is 0 Å². The first-order valence-electron chi connectivity index (χ1n) is 7.17. The number of hydrogen-bond donors (Lipinski definition) is 2. The third kappa shape index (κ3) is 4.30. The van der Waals surface area contributed by atoms with Gasteiger partial charge in [0.15, 0.2) is 11.6 Å². The summed E-state index contributed by atoms with van der Waals surface area (Å²) in [6.07, 6.45) is 1.68. The number of hydrogen-bond acceptors (Lipinski definition) is 6. The molecule has 1 aromatic heterocycles. The van der Waals surface area contributed by atoms with Gasteiger partial charge in [-0.15, -0.1) is 11.3 Å². The molecule has 3 rings (SSSR count). The Balaban J connectivity index is 1.54. The van der Waals surface area contributed by atoms with Gasteiger partial charge in [0, 0.05) is 5.38 Å². The number of benzene rings is 2. The number of para-hydroxylation sites is 1. The zero-order chi connectivity index (χ0) is 16.8. The second kappa shape index (κ2) is 7.56. The smallest absolute Gasteiger partial charge is 0.205 e. The molecule has 1 heterocycles. The normalized spacial score (nSPS) is 10.9. The SMILES string of the molecule is Nc1csc(NN=Cc2ccc(COc3ccccc3F)cc2)n1. The molecule has 0 spiro atoms. The highest BCUT2D eigenvalue weighted by molar-refractivity contribution is 7.14. The van der Waals surface area contributed by atoms with Gasteiger partial charge in [0.05, 0.1) is 6.21 Å². The molecule has 7 heteroatoms. The minimum atomic E-state index is -0.366. The van der Waals surface area contributed by atoms with Crippen LogP contribution in [0.15, 0.2) is 59.0 Å². The van der Waals surface area contributed by atoms with Crippen molar-refractivity contribution in [3.8, 4) is 5.75 Å². The highest BCUT2D eigenvalue weighted by Crippen LogP contribution is 2.18. The van der Waals surface area contributed by atoms with Gasteiger partial charge in [-0.05, 0) is 23.3 Å². The molecule has 0 amide bonds. The van der Waals surface area contributed by atoms with Crippen molar-refractivity contribution < 1.29 is 9.13 Å². The Morgan fingerprint density at radius 1 is 1.21 bits per heavy atom. The average molecular weight is 342 g/mol. The summed E-state index contributed by atoms with van der Waals surface area (Å²) in [4.78, 5) is 4.04. The Kier molecular flexibility index (Phi) is 5.02. The number of rotatable bonds is 6. The van der Waals surface area contributed by atoms with Gasteiger partial charge in [-0.3, -0.25) is 5.43 Å². The maximum absolute atomic E-state index is 13.5. The van der Waals surface area contributed by atoms with Gasteiger partial charge in [0.25, 0.3) is 0 Å². The van der Waals surface area contributed by atoms with Gasteiger partial charge in [-0.1, -0.05) is 36.4 Å². The van der Waals surface area contributed by atoms with Gasteiger partial charge >= 0.3 is 0 Å². The first-order chi connectivity index (χ1) is 11.7. The highest BCUT2D eigenvalue weighted by atomic mass is 32.1. The number of nitrogen functional groups attached to an aromatic ring is 1. The van der Waals surface area contributed by atoms with E-state index in [4.69, 9.17) is 10.5 Å². The number of nitrogens with zero attached hydrogens (tertiary/aromatic N) is 2. The van der Waals surface area contributed by atoms with Gasteiger partial charge in [-0.2, -0.15) is 5.10 Å². The van der Waals surface area contributed by atoms with Crippen molar-refractivity contribution in [1.82, 2.24) is 4.98 Å². The molecule has 122 valence electrons. The van der Waals surface area contributed by atoms with Crippen LogP contribution >= 0.6 is 11.3 Å². The van der Waals surface area contributed by atoms with Gasteiger partial charge in [0.2, 0.25) is 5.13 Å². The number of nitrogens with two attached hydrogens (primary N) is 1. The van der Waals surface area contributed by atoms with Crippen LogP contribution in [0.3, 0.4) is 0 Å². The summed E-state index contributed by atoms with van der Waals surface area (Å²) in [7, 11) is 0. The predicted molar refractivity (Wildman–Crippen MR) is 94.9 cm³/mol. The largest absolute Gasteiger partial charge is 0.486 e. The van der Waals surface area contributed by atoms with Crippen LogP contribution in [0, 0.1) is 5.82 Å². The molecule has 0 saturated carbocycles. The van der Waals surface area contributed by atoms with E-state index in [2.05, 4.69) is 15.5 Å². The van der Waals surface area contributed by atoms with Crippen molar-refractivity contribution in [2.24, 2.45) is 5.10 Å². The van der Waals surface area contributed by atoms with E-state index in [9.17, 15) is 4.39 Å². The predicted octanol–water partition coefficient (Wildman–Crippen LogP) is 3.89. The number of anilines is 2. The molecule has 24 heavy (non-hydrogen) atoms. The molecule has 5 nitrogen and oxygen atoms in total. The fourth-order valence-electron chi connectivity index (χ4n) is 1.92. The average Bonchev–Trinajstić information content (AvgIpc) is 3.01. The molecule has 0 aliphatic rings. The Morgan fingerprint density at radius 3 is 2.71 bits per heavy atom. The fourth-order valence-corrected chi connectivity index (χ4v) is 2.47. The number of thiazole rings is 1. The van der Waals surface area contributed by atoms with Crippen LogP contribution in [0.1, 0.15) is 11.1 Å². The zero-order valence-corrected chi connectivity index (χ0v) is 13.5. The third-order valence-corrected chi connectivity index (χ3v) is 3.87. The van der Waals surface area contributed by atoms with Crippen LogP contribution in [-0.2, 0) is 6.61 Å². The quantitative estimate of drug-likeness (QED) is 0.526. The molecule has 0 atom stereocenters. The summed E-state index contributed by atoms with van der Waals surface area (Å²) < 4.78 is 18.9. The molecular formula is C17H15FN4OS. The van der Waals surface area contributed by atoms with E-state index in [-0.39, 0.29) is 11.6 Å². The Labute approximate surface area is 142 Å². The number of aromatic nitrogens is 1. The maximum atomic E-state index is 13.5. The summed E-state index contributed by atoms with van der Waals surface area (Å²) in [6, 6.07) is 14.0. The number of ether oxygens (including phenoxy) is 1. The third-order valence-electron chi connectivity index (χ3n) is 3.11. The van der Waals surface area contributed by atoms with Crippen LogP contribution in [-0.4, -0.2) is 11.2 Å². The highest BCUT2D eigenvalue weighted by Gasteiger charge is 2.02. The van der Waals surface area contributed by atoms with Crippen LogP contribution in [0.2, 0.25) is 0 Å². The molecule has 0 saturated heterocycles. The lowest BCUT2D eigenvalue weighted by Crippen LogP contribution is -1.97. The molecule has 2 aromatic carbocycles. The topological polar surface area (TPSA) is 72.5 Å². The van der Waals surface area contributed by atoms with Crippen molar-refractivity contribution in [2.75, 3.05) is 11.2 Å². The number of nitrogens with one attached hydrogen (secondary N) is 1. The van der Waals surface area contributed by atoms with Crippen molar-refractivity contribution in [3.63, 3.8) is 0 Å². The van der Waals surface area contributed by atoms with E-state index in [0.717, 1.165) is 11.1 Å². The Bertz CT molecular complexity index is 833. The van der Waals surface area contributed by atoms with Crippen LogP contribution in [0.5, 0.6) is 5.75 Å². The standard InChI is InChI=1S/C17H15FN4OS/c18-14-3-1-2-4-15(14)23-10-13-7-5-12(6-8-13)9-20-22-17-21-16(19)11-24-17/h1-9,11H,10,19H2,(H,21,22). The van der Waals surface area contributed by atoms with Crippen molar-refractivity contribution in [3.05, 3.63) is 70.9 Å². The second-order valence-corrected chi connectivity index (χ2v) is 5.77. The molecule has 3 N–H and O–H groups in total. The van der Waals surface area contributed by atoms with Crippen LogP contribution in [0.4, 0.5) is 15.3 Å². The molecular weight excluding hydrogens is 327 g/mol. The lowest BCUT2D eigenvalue weighted by molar-refractivity contribution is 0.290. The Hall–Kier alpha value is -2.93. The molecule has 0 fully saturated rings. The first-order valence-corrected chi connectivity index (χ1v) is 8.05.